The lowest BCUT2D eigenvalue weighted by Gasteiger charge is -2.20. The van der Waals surface area contributed by atoms with Crippen molar-refractivity contribution >= 4 is 14.5 Å². The Morgan fingerprint density at radius 2 is 1.32 bits per heavy atom. The molecule has 0 fully saturated rings. The second-order valence-corrected chi connectivity index (χ2v) is 8.20. The molecule has 0 amide bonds. The second-order valence-electron chi connectivity index (χ2n) is 5.53. The van der Waals surface area contributed by atoms with Gasteiger partial charge in [0.1, 0.15) is 6.29 Å². The van der Waals surface area contributed by atoms with E-state index in [1.165, 1.54) is 61.9 Å². The van der Waals surface area contributed by atoms with Crippen molar-refractivity contribution in [1.29, 1.82) is 0 Å². The third-order valence-corrected chi connectivity index (χ3v) is 6.49. The maximum Gasteiger partial charge on any atom is 0.462 e. The first kappa shape index (κ1) is 19.5. The molecule has 1 unspecified atom stereocenters. The summed E-state index contributed by atoms with van der Waals surface area (Å²) in [5.41, 5.74) is 0. The highest BCUT2D eigenvalue weighted by Crippen LogP contribution is 2.16. The molecule has 0 aromatic carbocycles. The lowest BCUT2D eigenvalue weighted by atomic mass is 10.2. The predicted molar refractivity (Wildman–Crippen MR) is 85.8 cm³/mol. The first-order valence-electron chi connectivity index (χ1n) is 8.46. The van der Waals surface area contributed by atoms with E-state index in [1.807, 2.05) is 0 Å². The van der Waals surface area contributed by atoms with Crippen LogP contribution in [0.5, 0.6) is 0 Å². The fourth-order valence-electron chi connectivity index (χ4n) is 2.41. The van der Waals surface area contributed by atoms with Gasteiger partial charge >= 0.3 is 14.5 Å². The van der Waals surface area contributed by atoms with Crippen LogP contribution >= 0.6 is 0 Å². The molecule has 0 aliphatic heterocycles. The topological polar surface area (TPSA) is 18.5 Å². The largest absolute Gasteiger partial charge is 0.478 e. The molecule has 0 N–H and O–H groups in total. The van der Waals surface area contributed by atoms with Gasteiger partial charge in [0, 0.05) is 7.11 Å². The van der Waals surface area contributed by atoms with Crippen molar-refractivity contribution in [1.82, 2.24) is 0 Å². The van der Waals surface area contributed by atoms with Crippen LogP contribution in [0.2, 0.25) is 10.6 Å². The maximum atomic E-state index is 6.23. The Labute approximate surface area is 126 Å². The molecule has 0 spiro atoms. The summed E-state index contributed by atoms with van der Waals surface area (Å²) >= 11 is -1.04. The third-order valence-electron chi connectivity index (χ3n) is 3.70. The number of ether oxygens (including phenoxy) is 1. The summed E-state index contributed by atoms with van der Waals surface area (Å²) in [6.45, 7) is 6.69. The average molecular weight is 286 g/mol. The first-order valence-corrected chi connectivity index (χ1v) is 10.6. The van der Waals surface area contributed by atoms with E-state index < -0.39 is 14.5 Å². The van der Waals surface area contributed by atoms with Gasteiger partial charge in [0.15, 0.2) is 0 Å². The van der Waals surface area contributed by atoms with Crippen molar-refractivity contribution < 1.29 is 8.53 Å². The molecule has 0 saturated carbocycles. The summed E-state index contributed by atoms with van der Waals surface area (Å²) in [7, 11) is 1.77. The number of hydrogen-bond acceptors (Lipinski definition) is 2. The van der Waals surface area contributed by atoms with Gasteiger partial charge in [0.25, 0.3) is 0 Å². The van der Waals surface area contributed by atoms with Crippen LogP contribution in [0, 0.1) is 0 Å². The molecule has 0 aliphatic rings. The first-order chi connectivity index (χ1) is 9.28. The molecule has 0 aromatic heterocycles. The Balaban J connectivity index is 3.91. The summed E-state index contributed by atoms with van der Waals surface area (Å²) in [6, 6.07) is 0. The van der Waals surface area contributed by atoms with Gasteiger partial charge in [-0.3, -0.25) is 0 Å². The van der Waals surface area contributed by atoms with Gasteiger partial charge in [-0.25, -0.2) is 0 Å². The van der Waals surface area contributed by atoms with Gasteiger partial charge < -0.3 is 8.53 Å². The molecule has 0 radical (unpaired) electrons. The highest BCUT2D eigenvalue weighted by molar-refractivity contribution is 6.51. The molecule has 1 atom stereocenters. The zero-order valence-electron chi connectivity index (χ0n) is 13.7. The quantitative estimate of drug-likeness (QED) is 0.237. The van der Waals surface area contributed by atoms with Gasteiger partial charge in [0.2, 0.25) is 0 Å². The van der Waals surface area contributed by atoms with Crippen LogP contribution < -0.4 is 0 Å². The monoisotopic (exact) mass is 286 g/mol. The van der Waals surface area contributed by atoms with E-state index in [0.717, 1.165) is 6.42 Å². The minimum atomic E-state index is -1.04. The Bertz CT molecular complexity index is 160. The number of rotatable bonds is 14. The molecule has 114 valence electrons. The van der Waals surface area contributed by atoms with Crippen LogP contribution in [0.15, 0.2) is 0 Å². The molecule has 0 saturated heterocycles. The van der Waals surface area contributed by atoms with E-state index in [4.69, 9.17) is 8.53 Å². The summed E-state index contributed by atoms with van der Waals surface area (Å²) in [4.78, 5) is 0. The Hall–Kier alpha value is 0.452. The summed E-state index contributed by atoms with van der Waals surface area (Å²) in [5.74, 6) is 0. The molecule has 2 nitrogen and oxygen atoms in total. The van der Waals surface area contributed by atoms with Crippen molar-refractivity contribution in [2.75, 3.05) is 7.11 Å². The van der Waals surface area contributed by atoms with Gasteiger partial charge in [-0.05, 0) is 6.42 Å². The molecule has 0 bridgehead atoms. The molecule has 3 heteroatoms. The molecule has 0 aromatic rings. The van der Waals surface area contributed by atoms with E-state index in [-0.39, 0.29) is 6.29 Å². The van der Waals surface area contributed by atoms with Crippen molar-refractivity contribution in [2.45, 2.75) is 95.4 Å². The lowest BCUT2D eigenvalue weighted by molar-refractivity contribution is -0.0583. The summed E-state index contributed by atoms with van der Waals surface area (Å²) in [5, 5.41) is 2.68. The van der Waals surface area contributed by atoms with Crippen LogP contribution in [-0.2, 0) is 8.53 Å². The van der Waals surface area contributed by atoms with Crippen molar-refractivity contribution in [3.63, 3.8) is 0 Å². The molecule has 0 rings (SSSR count). The van der Waals surface area contributed by atoms with Crippen LogP contribution in [0.25, 0.3) is 0 Å². The average Bonchev–Trinajstić information content (AvgIpc) is 2.44. The standard InChI is InChI=1S/2C6H13.C4H9O2.Al/c2*1-3-5-6-4-2;1-3-4(5)6-2;/h2*1,3-6H2,2H3;4H,3H2,1-2H3;/q;;-1;+1. The molecule has 0 heterocycles. The lowest BCUT2D eigenvalue weighted by Crippen LogP contribution is -2.26. The van der Waals surface area contributed by atoms with Crippen LogP contribution in [0.1, 0.15) is 78.6 Å². The predicted octanol–water partition coefficient (Wildman–Crippen LogP) is 5.54. The van der Waals surface area contributed by atoms with Crippen LogP contribution in [-0.4, -0.2) is 27.9 Å². The normalized spacial score (nSPS) is 12.6. The second kappa shape index (κ2) is 14.9. The zero-order chi connectivity index (χ0) is 14.3. The van der Waals surface area contributed by atoms with Gasteiger partial charge in [-0.15, -0.1) is 0 Å². The van der Waals surface area contributed by atoms with Gasteiger partial charge in [-0.1, -0.05) is 82.7 Å². The third kappa shape index (κ3) is 11.9. The number of hydrogen-bond donors (Lipinski definition) is 0. The van der Waals surface area contributed by atoms with E-state index in [1.54, 1.807) is 7.11 Å². The minimum Gasteiger partial charge on any atom is -0.478 e. The van der Waals surface area contributed by atoms with E-state index in [2.05, 4.69) is 20.8 Å². The summed E-state index contributed by atoms with van der Waals surface area (Å²) < 4.78 is 11.6. The SMILES string of the molecule is CCCCC[CH2][Al]([CH2]CCCCC)[O]C(CC)OC. The highest BCUT2D eigenvalue weighted by atomic mass is 27.2. The van der Waals surface area contributed by atoms with E-state index in [9.17, 15) is 0 Å². The number of unbranched alkanes of at least 4 members (excludes halogenated alkanes) is 6. The fourth-order valence-corrected chi connectivity index (χ4v) is 5.19. The maximum absolute atomic E-state index is 6.23. The Kier molecular flexibility index (Phi) is 15.2. The van der Waals surface area contributed by atoms with Crippen LogP contribution in [0.4, 0.5) is 0 Å². The minimum absolute atomic E-state index is 0.0500. The van der Waals surface area contributed by atoms with E-state index in [0.29, 0.717) is 0 Å². The molecule has 0 aliphatic carbocycles. The molecular weight excluding hydrogens is 251 g/mol. The Morgan fingerprint density at radius 3 is 1.68 bits per heavy atom. The summed E-state index contributed by atoms with van der Waals surface area (Å²) in [6.07, 6.45) is 11.9. The van der Waals surface area contributed by atoms with Crippen molar-refractivity contribution in [3.05, 3.63) is 0 Å². The van der Waals surface area contributed by atoms with Gasteiger partial charge in [-0.2, -0.15) is 0 Å². The Morgan fingerprint density at radius 1 is 0.789 bits per heavy atom. The van der Waals surface area contributed by atoms with Gasteiger partial charge in [0.05, 0.1) is 0 Å². The molecular formula is C16H35AlO2. The van der Waals surface area contributed by atoms with Crippen LogP contribution in [0.3, 0.4) is 0 Å². The fraction of sp³-hybridized carbons (Fsp3) is 1.00. The molecule has 19 heavy (non-hydrogen) atoms. The van der Waals surface area contributed by atoms with Crippen molar-refractivity contribution in [2.24, 2.45) is 0 Å². The van der Waals surface area contributed by atoms with E-state index >= 15 is 0 Å². The smallest absolute Gasteiger partial charge is 0.462 e. The zero-order valence-corrected chi connectivity index (χ0v) is 14.9. The number of methoxy groups -OCH3 is 1. The van der Waals surface area contributed by atoms with Crippen molar-refractivity contribution in [3.8, 4) is 0 Å². The highest BCUT2D eigenvalue weighted by Gasteiger charge is 2.22.